The third-order valence-electron chi connectivity index (χ3n) is 4.36. The summed E-state index contributed by atoms with van der Waals surface area (Å²) in [5, 5.41) is 3.25. The van der Waals surface area contributed by atoms with Crippen LogP contribution in [0.3, 0.4) is 0 Å². The van der Waals surface area contributed by atoms with E-state index in [9.17, 15) is 4.79 Å². The van der Waals surface area contributed by atoms with Crippen molar-refractivity contribution in [2.45, 2.75) is 26.7 Å². The first kappa shape index (κ1) is 14.6. The molecule has 1 N–H and O–H groups in total. The number of hydrogen-bond acceptors (Lipinski definition) is 2. The van der Waals surface area contributed by atoms with Crippen LogP contribution in [0.5, 0.6) is 0 Å². The predicted octanol–water partition coefficient (Wildman–Crippen LogP) is 3.69. The van der Waals surface area contributed by atoms with Gasteiger partial charge in [-0.25, -0.2) is 0 Å². The van der Waals surface area contributed by atoms with E-state index in [0.717, 1.165) is 30.8 Å². The summed E-state index contributed by atoms with van der Waals surface area (Å²) in [7, 11) is 0. The van der Waals surface area contributed by atoms with Gasteiger partial charge in [-0.2, -0.15) is 0 Å². The number of nitrogens with one attached hydrogen (secondary N) is 1. The third kappa shape index (κ3) is 2.98. The fraction of sp³-hybridized carbons (Fsp3) is 0.316. The molecule has 114 valence electrons. The molecule has 3 rings (SSSR count). The van der Waals surface area contributed by atoms with Gasteiger partial charge in [0.2, 0.25) is 5.91 Å². The van der Waals surface area contributed by atoms with Crippen LogP contribution in [-0.2, 0) is 11.2 Å². The van der Waals surface area contributed by atoms with Crippen molar-refractivity contribution in [2.24, 2.45) is 0 Å². The molecule has 0 bridgehead atoms. The summed E-state index contributed by atoms with van der Waals surface area (Å²) >= 11 is 0. The highest BCUT2D eigenvalue weighted by molar-refractivity contribution is 5.97. The van der Waals surface area contributed by atoms with Crippen molar-refractivity contribution < 1.29 is 4.79 Å². The average molecular weight is 294 g/mol. The largest absolute Gasteiger partial charge is 0.376 e. The smallest absolute Gasteiger partial charge is 0.246 e. The lowest BCUT2D eigenvalue weighted by Gasteiger charge is -2.29. The zero-order valence-corrected chi connectivity index (χ0v) is 13.2. The highest BCUT2D eigenvalue weighted by Gasteiger charge is 2.21. The summed E-state index contributed by atoms with van der Waals surface area (Å²) in [4.78, 5) is 14.5. The summed E-state index contributed by atoms with van der Waals surface area (Å²) in [5.74, 6) is 0.130. The number of carbonyl (C=O) groups is 1. The van der Waals surface area contributed by atoms with Crippen LogP contribution in [0.25, 0.3) is 0 Å². The quantitative estimate of drug-likeness (QED) is 0.936. The summed E-state index contributed by atoms with van der Waals surface area (Å²) in [6, 6.07) is 14.4. The molecule has 0 atom stereocenters. The fourth-order valence-electron chi connectivity index (χ4n) is 2.92. The Hall–Kier alpha value is -2.29. The van der Waals surface area contributed by atoms with Crippen LogP contribution in [0.1, 0.15) is 23.1 Å². The Morgan fingerprint density at radius 2 is 1.95 bits per heavy atom. The minimum atomic E-state index is 0.130. The summed E-state index contributed by atoms with van der Waals surface area (Å²) in [6.07, 6.45) is 2.09. The van der Waals surface area contributed by atoms with E-state index in [-0.39, 0.29) is 5.91 Å². The van der Waals surface area contributed by atoms with Gasteiger partial charge in [0.15, 0.2) is 0 Å². The molecular weight excluding hydrogens is 272 g/mol. The molecule has 1 aliphatic heterocycles. The van der Waals surface area contributed by atoms with E-state index in [4.69, 9.17) is 0 Å². The Morgan fingerprint density at radius 1 is 1.14 bits per heavy atom. The Bertz CT molecular complexity index is 694. The molecular formula is C19H22N2O. The van der Waals surface area contributed by atoms with Gasteiger partial charge in [0.1, 0.15) is 0 Å². The van der Waals surface area contributed by atoms with Crippen LogP contribution in [-0.4, -0.2) is 19.0 Å². The van der Waals surface area contributed by atoms with Crippen LogP contribution in [0.15, 0.2) is 42.5 Å². The Kier molecular flexibility index (Phi) is 4.14. The van der Waals surface area contributed by atoms with E-state index in [0.29, 0.717) is 6.54 Å². The van der Waals surface area contributed by atoms with Gasteiger partial charge in [0.25, 0.3) is 0 Å². The number of carbonyl (C=O) groups excluding carboxylic acids is 1. The van der Waals surface area contributed by atoms with E-state index >= 15 is 0 Å². The number of aryl methyl sites for hydroxylation is 3. The van der Waals surface area contributed by atoms with Crippen molar-refractivity contribution in [1.29, 1.82) is 0 Å². The topological polar surface area (TPSA) is 32.3 Å². The lowest BCUT2D eigenvalue weighted by atomic mass is 10.0. The molecule has 0 unspecified atom stereocenters. The predicted molar refractivity (Wildman–Crippen MR) is 91.5 cm³/mol. The Morgan fingerprint density at radius 3 is 2.77 bits per heavy atom. The first-order chi connectivity index (χ1) is 10.6. The second kappa shape index (κ2) is 6.22. The summed E-state index contributed by atoms with van der Waals surface area (Å²) in [6.45, 7) is 5.32. The zero-order chi connectivity index (χ0) is 15.5. The monoisotopic (exact) mass is 294 g/mol. The number of benzene rings is 2. The summed E-state index contributed by atoms with van der Waals surface area (Å²) in [5.41, 5.74) is 5.85. The molecule has 0 radical (unpaired) electrons. The van der Waals surface area contributed by atoms with Crippen molar-refractivity contribution in [3.05, 3.63) is 59.2 Å². The van der Waals surface area contributed by atoms with Crippen molar-refractivity contribution in [3.8, 4) is 0 Å². The molecule has 0 fully saturated rings. The van der Waals surface area contributed by atoms with Crippen molar-refractivity contribution in [2.75, 3.05) is 23.3 Å². The van der Waals surface area contributed by atoms with Gasteiger partial charge in [0, 0.05) is 17.9 Å². The molecule has 0 saturated carbocycles. The lowest BCUT2D eigenvalue weighted by Crippen LogP contribution is -2.39. The number of hydrogen-bond donors (Lipinski definition) is 1. The third-order valence-corrected chi connectivity index (χ3v) is 4.36. The second-order valence-corrected chi connectivity index (χ2v) is 5.93. The molecule has 3 nitrogen and oxygen atoms in total. The standard InChI is InChI=1S/C19H22N2O/c1-14-9-10-17(12-15(14)2)20-13-19(22)21-11-5-7-16-6-3-4-8-18(16)21/h3-4,6,8-10,12,20H,5,7,11,13H2,1-2H3. The number of amides is 1. The molecule has 1 amide bonds. The van der Waals surface area contributed by atoms with Gasteiger partial charge in [-0.1, -0.05) is 24.3 Å². The number of anilines is 2. The van der Waals surface area contributed by atoms with Crippen LogP contribution in [0, 0.1) is 13.8 Å². The van der Waals surface area contributed by atoms with E-state index in [1.807, 2.05) is 29.2 Å². The highest BCUT2D eigenvalue weighted by atomic mass is 16.2. The number of para-hydroxylation sites is 1. The Balaban J connectivity index is 1.69. The van der Waals surface area contributed by atoms with Crippen LogP contribution >= 0.6 is 0 Å². The van der Waals surface area contributed by atoms with Gasteiger partial charge in [-0.3, -0.25) is 4.79 Å². The molecule has 2 aromatic rings. The SMILES string of the molecule is Cc1ccc(NCC(=O)N2CCCc3ccccc32)cc1C. The molecule has 0 saturated heterocycles. The van der Waals surface area contributed by atoms with Gasteiger partial charge in [-0.05, 0) is 61.6 Å². The summed E-state index contributed by atoms with van der Waals surface area (Å²) < 4.78 is 0. The highest BCUT2D eigenvalue weighted by Crippen LogP contribution is 2.26. The van der Waals surface area contributed by atoms with Crippen LogP contribution < -0.4 is 10.2 Å². The van der Waals surface area contributed by atoms with Gasteiger partial charge >= 0.3 is 0 Å². The Labute approximate surface area is 132 Å². The minimum Gasteiger partial charge on any atom is -0.376 e. The lowest BCUT2D eigenvalue weighted by molar-refractivity contribution is -0.117. The van der Waals surface area contributed by atoms with Gasteiger partial charge in [-0.15, -0.1) is 0 Å². The van der Waals surface area contributed by atoms with E-state index in [1.54, 1.807) is 0 Å². The van der Waals surface area contributed by atoms with Crippen molar-refractivity contribution in [1.82, 2.24) is 0 Å². The zero-order valence-electron chi connectivity index (χ0n) is 13.2. The van der Waals surface area contributed by atoms with Crippen molar-refractivity contribution >= 4 is 17.3 Å². The minimum absolute atomic E-state index is 0.130. The molecule has 1 aliphatic rings. The van der Waals surface area contributed by atoms with E-state index in [2.05, 4.69) is 37.4 Å². The number of rotatable bonds is 3. The maximum absolute atomic E-state index is 12.5. The molecule has 3 heteroatoms. The van der Waals surface area contributed by atoms with Crippen LogP contribution in [0.4, 0.5) is 11.4 Å². The van der Waals surface area contributed by atoms with Gasteiger partial charge in [0.05, 0.1) is 6.54 Å². The second-order valence-electron chi connectivity index (χ2n) is 5.93. The molecule has 1 heterocycles. The normalized spacial score (nSPS) is 13.6. The first-order valence-corrected chi connectivity index (χ1v) is 7.84. The fourth-order valence-corrected chi connectivity index (χ4v) is 2.92. The molecule has 22 heavy (non-hydrogen) atoms. The first-order valence-electron chi connectivity index (χ1n) is 7.84. The van der Waals surface area contributed by atoms with Crippen LogP contribution in [0.2, 0.25) is 0 Å². The van der Waals surface area contributed by atoms with Gasteiger partial charge < -0.3 is 10.2 Å². The number of fused-ring (bicyclic) bond motifs is 1. The van der Waals surface area contributed by atoms with E-state index < -0.39 is 0 Å². The van der Waals surface area contributed by atoms with Crippen molar-refractivity contribution in [3.63, 3.8) is 0 Å². The molecule has 2 aromatic carbocycles. The molecule has 0 aromatic heterocycles. The maximum Gasteiger partial charge on any atom is 0.246 e. The van der Waals surface area contributed by atoms with E-state index in [1.165, 1.54) is 16.7 Å². The average Bonchev–Trinajstić information content (AvgIpc) is 2.55. The maximum atomic E-state index is 12.5. The molecule has 0 spiro atoms. The molecule has 0 aliphatic carbocycles. The number of nitrogens with zero attached hydrogens (tertiary/aromatic N) is 1.